The van der Waals surface area contributed by atoms with Gasteiger partial charge in [-0.1, -0.05) is 6.07 Å². The molecule has 1 amide bonds. The lowest BCUT2D eigenvalue weighted by molar-refractivity contribution is -0.163. The van der Waals surface area contributed by atoms with E-state index in [-0.39, 0.29) is 17.9 Å². The molecule has 1 aliphatic heterocycles. The van der Waals surface area contributed by atoms with E-state index in [9.17, 15) is 19.5 Å². The van der Waals surface area contributed by atoms with Crippen LogP contribution in [0.15, 0.2) is 30.3 Å². The fraction of sp³-hybridized carbons (Fsp3) is 0.348. The Morgan fingerprint density at radius 1 is 0.912 bits per heavy atom. The number of rotatable bonds is 10. The van der Waals surface area contributed by atoms with E-state index in [1.807, 2.05) is 0 Å². The molecule has 0 bridgehead atoms. The number of nitrogens with zero attached hydrogens (tertiary/aromatic N) is 1. The molecule has 1 saturated heterocycles. The number of β-lactam (4-membered cyclic amide) rings is 1. The first-order valence-corrected chi connectivity index (χ1v) is 10.2. The van der Waals surface area contributed by atoms with Crippen molar-refractivity contribution in [2.75, 3.05) is 33.3 Å². The van der Waals surface area contributed by atoms with Crippen molar-refractivity contribution in [3.8, 4) is 28.7 Å². The van der Waals surface area contributed by atoms with E-state index >= 15 is 0 Å². The number of amides is 1. The van der Waals surface area contributed by atoms with Gasteiger partial charge in [-0.05, 0) is 17.7 Å². The highest BCUT2D eigenvalue weighted by atomic mass is 16.6. The van der Waals surface area contributed by atoms with E-state index in [1.54, 1.807) is 18.2 Å². The number of phenols is 1. The Balaban J connectivity index is 2.02. The lowest BCUT2D eigenvalue weighted by Crippen LogP contribution is -2.60. The van der Waals surface area contributed by atoms with Gasteiger partial charge in [-0.25, -0.2) is 0 Å². The van der Waals surface area contributed by atoms with Crippen molar-refractivity contribution in [1.29, 1.82) is 0 Å². The van der Waals surface area contributed by atoms with Gasteiger partial charge in [0.05, 0.1) is 47.0 Å². The number of anilines is 1. The number of methoxy groups -OCH3 is 4. The van der Waals surface area contributed by atoms with Crippen molar-refractivity contribution >= 4 is 23.5 Å². The highest BCUT2D eigenvalue weighted by Gasteiger charge is 2.52. The Morgan fingerprint density at radius 2 is 1.53 bits per heavy atom. The third-order valence-electron chi connectivity index (χ3n) is 5.32. The van der Waals surface area contributed by atoms with Crippen molar-refractivity contribution in [3.05, 3.63) is 35.9 Å². The maximum Gasteiger partial charge on any atom is 0.307 e. The second kappa shape index (κ2) is 10.2. The van der Waals surface area contributed by atoms with Gasteiger partial charge >= 0.3 is 11.9 Å². The van der Waals surface area contributed by atoms with Crippen LogP contribution in [-0.2, 0) is 19.1 Å². The molecule has 2 aromatic rings. The van der Waals surface area contributed by atoms with Crippen molar-refractivity contribution in [3.63, 3.8) is 0 Å². The number of esters is 1. The van der Waals surface area contributed by atoms with Crippen LogP contribution in [0.25, 0.3) is 0 Å². The summed E-state index contributed by atoms with van der Waals surface area (Å²) in [5.74, 6) is -1.52. The van der Waals surface area contributed by atoms with Crippen LogP contribution in [0.4, 0.5) is 5.69 Å². The van der Waals surface area contributed by atoms with Crippen molar-refractivity contribution in [2.45, 2.75) is 25.0 Å². The van der Waals surface area contributed by atoms with Crippen LogP contribution >= 0.6 is 0 Å². The molecule has 182 valence electrons. The molecule has 2 atom stereocenters. The van der Waals surface area contributed by atoms with Gasteiger partial charge in [0, 0.05) is 12.1 Å². The normalized spacial score (nSPS) is 16.9. The third kappa shape index (κ3) is 4.63. The average molecular weight is 475 g/mol. The third-order valence-corrected chi connectivity index (χ3v) is 5.32. The van der Waals surface area contributed by atoms with Crippen LogP contribution in [0.1, 0.15) is 24.4 Å². The molecule has 2 aromatic carbocycles. The van der Waals surface area contributed by atoms with Crippen molar-refractivity contribution < 1.29 is 48.3 Å². The second-order valence-electron chi connectivity index (χ2n) is 7.27. The number of phenolic OH excluding ortho intramolecular Hbond substituents is 1. The summed E-state index contributed by atoms with van der Waals surface area (Å²) < 4.78 is 26.5. The van der Waals surface area contributed by atoms with E-state index in [1.165, 1.54) is 45.5 Å². The molecule has 1 aliphatic rings. The maximum atomic E-state index is 13.1. The Labute approximate surface area is 195 Å². The number of aliphatic carboxylic acids is 1. The maximum absolute atomic E-state index is 13.1. The number of ether oxygens (including phenoxy) is 5. The summed E-state index contributed by atoms with van der Waals surface area (Å²) in [6, 6.07) is 6.86. The standard InChI is InChI=1S/C23H25NO10/c1-30-15-6-5-12(9-14(15)25)20-22(34-19(28)8-7-18(26)27)23(29)24(20)13-10-16(31-2)21(33-4)17(11-13)32-3/h5-6,9-11,20,22,25H,7-8H2,1-4H3,(H,26,27)/t20-,22+/m0/s1. The van der Waals surface area contributed by atoms with E-state index in [4.69, 9.17) is 28.8 Å². The second-order valence-corrected chi connectivity index (χ2v) is 7.27. The first-order chi connectivity index (χ1) is 16.2. The Hall–Kier alpha value is -4.15. The number of carbonyl (C=O) groups excluding carboxylic acids is 2. The zero-order chi connectivity index (χ0) is 25.0. The Bertz CT molecular complexity index is 1070. The quantitative estimate of drug-likeness (QED) is 0.388. The summed E-state index contributed by atoms with van der Waals surface area (Å²) in [4.78, 5) is 37.4. The van der Waals surface area contributed by atoms with Crippen LogP contribution in [0.2, 0.25) is 0 Å². The predicted octanol–water partition coefficient (Wildman–Crippen LogP) is 2.29. The molecule has 0 saturated carbocycles. The zero-order valence-electron chi connectivity index (χ0n) is 19.1. The number of carboxylic acids is 1. The molecule has 3 rings (SSSR count). The van der Waals surface area contributed by atoms with Gasteiger partial charge in [0.2, 0.25) is 11.9 Å². The summed E-state index contributed by atoms with van der Waals surface area (Å²) in [7, 11) is 5.72. The lowest BCUT2D eigenvalue weighted by atomic mass is 9.89. The summed E-state index contributed by atoms with van der Waals surface area (Å²) in [6.45, 7) is 0. The predicted molar refractivity (Wildman–Crippen MR) is 118 cm³/mol. The first-order valence-electron chi connectivity index (χ1n) is 10.2. The van der Waals surface area contributed by atoms with Gasteiger partial charge < -0.3 is 33.9 Å². The minimum atomic E-state index is -1.23. The summed E-state index contributed by atoms with van der Waals surface area (Å²) in [5.41, 5.74) is 0.834. The molecule has 0 radical (unpaired) electrons. The number of hydrogen-bond donors (Lipinski definition) is 2. The van der Waals surface area contributed by atoms with Crippen LogP contribution in [-0.4, -0.2) is 62.6 Å². The minimum Gasteiger partial charge on any atom is -0.504 e. The molecular weight excluding hydrogens is 450 g/mol. The molecule has 11 nitrogen and oxygen atoms in total. The van der Waals surface area contributed by atoms with Gasteiger partial charge in [-0.3, -0.25) is 19.3 Å². The highest BCUT2D eigenvalue weighted by molar-refractivity contribution is 6.06. The molecule has 0 aromatic heterocycles. The minimum absolute atomic E-state index is 0.167. The van der Waals surface area contributed by atoms with Crippen LogP contribution < -0.4 is 23.8 Å². The van der Waals surface area contributed by atoms with Gasteiger partial charge in [-0.15, -0.1) is 0 Å². The van der Waals surface area contributed by atoms with E-state index in [0.717, 1.165) is 0 Å². The Morgan fingerprint density at radius 3 is 2.03 bits per heavy atom. The van der Waals surface area contributed by atoms with Crippen molar-refractivity contribution in [2.24, 2.45) is 0 Å². The monoisotopic (exact) mass is 475 g/mol. The average Bonchev–Trinajstić information content (AvgIpc) is 2.83. The van der Waals surface area contributed by atoms with E-state index < -0.39 is 36.4 Å². The van der Waals surface area contributed by atoms with Gasteiger partial charge in [0.1, 0.15) is 6.04 Å². The van der Waals surface area contributed by atoms with Crippen LogP contribution in [0, 0.1) is 0 Å². The molecule has 1 fully saturated rings. The number of carboxylic acid groups (broad SMARTS) is 1. The van der Waals surface area contributed by atoms with E-state index in [2.05, 4.69) is 0 Å². The Kier molecular flexibility index (Phi) is 7.34. The summed E-state index contributed by atoms with van der Waals surface area (Å²) >= 11 is 0. The molecule has 11 heteroatoms. The molecule has 0 unspecified atom stereocenters. The fourth-order valence-electron chi connectivity index (χ4n) is 3.70. The van der Waals surface area contributed by atoms with Gasteiger partial charge in [0.15, 0.2) is 23.0 Å². The van der Waals surface area contributed by atoms with Gasteiger partial charge in [-0.2, -0.15) is 0 Å². The number of aromatic hydroxyl groups is 1. The van der Waals surface area contributed by atoms with Crippen LogP contribution in [0.5, 0.6) is 28.7 Å². The fourth-order valence-corrected chi connectivity index (χ4v) is 3.70. The van der Waals surface area contributed by atoms with Gasteiger partial charge in [0.25, 0.3) is 5.91 Å². The number of hydrogen-bond acceptors (Lipinski definition) is 9. The smallest absolute Gasteiger partial charge is 0.307 e. The number of carbonyl (C=O) groups is 3. The highest BCUT2D eigenvalue weighted by Crippen LogP contribution is 2.48. The molecule has 0 spiro atoms. The van der Waals surface area contributed by atoms with Crippen LogP contribution in [0.3, 0.4) is 0 Å². The molecule has 1 heterocycles. The molecule has 2 N–H and O–H groups in total. The summed E-state index contributed by atoms with van der Waals surface area (Å²) in [6.07, 6.45) is -2.04. The van der Waals surface area contributed by atoms with E-state index in [0.29, 0.717) is 28.5 Å². The van der Waals surface area contributed by atoms with Crippen molar-refractivity contribution in [1.82, 2.24) is 0 Å². The molecule has 34 heavy (non-hydrogen) atoms. The topological polar surface area (TPSA) is 141 Å². The zero-order valence-corrected chi connectivity index (χ0v) is 19.1. The SMILES string of the molecule is COc1ccc([C@H]2[C@@H](OC(=O)CCC(=O)O)C(=O)N2c2cc(OC)c(OC)c(OC)c2)cc1O. The number of benzene rings is 2. The lowest BCUT2D eigenvalue weighted by Gasteiger charge is -2.46. The molecule has 0 aliphatic carbocycles. The first kappa shape index (κ1) is 24.5. The largest absolute Gasteiger partial charge is 0.504 e. The summed E-state index contributed by atoms with van der Waals surface area (Å²) in [5, 5.41) is 19.1. The molecular formula is C23H25NO10.